The molecule has 0 fully saturated rings. The fourth-order valence-corrected chi connectivity index (χ4v) is 1.75. The molecule has 0 saturated heterocycles. The van der Waals surface area contributed by atoms with Crippen LogP contribution in [0.25, 0.3) is 0 Å². The number of nitrogens with one attached hydrogen (secondary N) is 1. The van der Waals surface area contributed by atoms with E-state index in [0.717, 1.165) is 37.9 Å². The van der Waals surface area contributed by atoms with Crippen LogP contribution < -0.4 is 5.32 Å². The van der Waals surface area contributed by atoms with Gasteiger partial charge in [-0.3, -0.25) is 0 Å². The first-order valence-electron chi connectivity index (χ1n) is 6.58. The Morgan fingerprint density at radius 3 is 2.82 bits per heavy atom. The topological polar surface area (TPSA) is 28.4 Å². The molecule has 1 aromatic rings. The molecule has 0 saturated carbocycles. The summed E-state index contributed by atoms with van der Waals surface area (Å²) >= 11 is 0. The Bertz CT molecular complexity index is 307. The van der Waals surface area contributed by atoms with Crippen molar-refractivity contribution < 1.29 is 4.42 Å². The van der Waals surface area contributed by atoms with E-state index in [1.165, 1.54) is 12.0 Å². The van der Waals surface area contributed by atoms with E-state index in [-0.39, 0.29) is 0 Å². The van der Waals surface area contributed by atoms with Crippen molar-refractivity contribution >= 4 is 0 Å². The van der Waals surface area contributed by atoms with Gasteiger partial charge in [0.1, 0.15) is 5.76 Å². The molecule has 1 rings (SSSR count). The highest BCUT2D eigenvalue weighted by Gasteiger charge is 2.08. The summed E-state index contributed by atoms with van der Waals surface area (Å²) in [5, 5.41) is 3.30. The van der Waals surface area contributed by atoms with Crippen LogP contribution in [0, 0.1) is 5.92 Å². The Morgan fingerprint density at radius 2 is 2.18 bits per heavy atom. The first-order valence-corrected chi connectivity index (χ1v) is 6.58. The van der Waals surface area contributed by atoms with Gasteiger partial charge in [0.25, 0.3) is 0 Å². The number of hydrogen-bond donors (Lipinski definition) is 1. The SMILES string of the molecule is CCNCc1occc1CN(C)CCC(C)C. The zero-order valence-corrected chi connectivity index (χ0v) is 11.6. The van der Waals surface area contributed by atoms with Crippen molar-refractivity contribution in [2.24, 2.45) is 5.92 Å². The Hall–Kier alpha value is -0.800. The molecule has 0 aromatic carbocycles. The fourth-order valence-electron chi connectivity index (χ4n) is 1.75. The van der Waals surface area contributed by atoms with Gasteiger partial charge >= 0.3 is 0 Å². The van der Waals surface area contributed by atoms with Gasteiger partial charge in [-0.25, -0.2) is 0 Å². The molecule has 0 atom stereocenters. The maximum atomic E-state index is 5.50. The van der Waals surface area contributed by atoms with E-state index in [4.69, 9.17) is 4.42 Å². The van der Waals surface area contributed by atoms with Gasteiger partial charge in [-0.1, -0.05) is 20.8 Å². The summed E-state index contributed by atoms with van der Waals surface area (Å²) in [7, 11) is 2.17. The molecule has 0 bridgehead atoms. The zero-order chi connectivity index (χ0) is 12.7. The van der Waals surface area contributed by atoms with Gasteiger partial charge < -0.3 is 14.6 Å². The highest BCUT2D eigenvalue weighted by Crippen LogP contribution is 2.13. The first kappa shape index (κ1) is 14.3. The smallest absolute Gasteiger partial charge is 0.122 e. The minimum Gasteiger partial charge on any atom is -0.468 e. The van der Waals surface area contributed by atoms with E-state index in [1.807, 2.05) is 0 Å². The fraction of sp³-hybridized carbons (Fsp3) is 0.714. The van der Waals surface area contributed by atoms with Crippen LogP contribution in [-0.2, 0) is 13.1 Å². The molecule has 0 aliphatic carbocycles. The highest BCUT2D eigenvalue weighted by molar-refractivity contribution is 5.16. The third kappa shape index (κ3) is 5.37. The van der Waals surface area contributed by atoms with Crippen molar-refractivity contribution in [3.63, 3.8) is 0 Å². The van der Waals surface area contributed by atoms with Crippen molar-refractivity contribution in [3.05, 3.63) is 23.7 Å². The molecule has 3 nitrogen and oxygen atoms in total. The molecular weight excluding hydrogens is 212 g/mol. The maximum Gasteiger partial charge on any atom is 0.122 e. The molecular formula is C14H26N2O. The van der Waals surface area contributed by atoms with E-state index in [2.05, 4.69) is 44.1 Å². The third-order valence-electron chi connectivity index (χ3n) is 2.90. The van der Waals surface area contributed by atoms with Gasteiger partial charge in [-0.15, -0.1) is 0 Å². The number of hydrogen-bond acceptors (Lipinski definition) is 3. The lowest BCUT2D eigenvalue weighted by atomic mass is 10.1. The van der Waals surface area contributed by atoms with E-state index < -0.39 is 0 Å². The van der Waals surface area contributed by atoms with Crippen molar-refractivity contribution in [3.8, 4) is 0 Å². The van der Waals surface area contributed by atoms with E-state index in [1.54, 1.807) is 6.26 Å². The second-order valence-corrected chi connectivity index (χ2v) is 5.07. The van der Waals surface area contributed by atoms with Gasteiger partial charge in [0.15, 0.2) is 0 Å². The summed E-state index contributed by atoms with van der Waals surface area (Å²) in [5.41, 5.74) is 1.30. The van der Waals surface area contributed by atoms with Crippen molar-refractivity contribution in [2.45, 2.75) is 40.3 Å². The van der Waals surface area contributed by atoms with Crippen LogP contribution >= 0.6 is 0 Å². The predicted molar refractivity (Wildman–Crippen MR) is 71.9 cm³/mol. The minimum atomic E-state index is 0.767. The quantitative estimate of drug-likeness (QED) is 0.755. The first-order chi connectivity index (χ1) is 8.13. The van der Waals surface area contributed by atoms with Gasteiger partial charge in [0, 0.05) is 12.1 Å². The summed E-state index contributed by atoms with van der Waals surface area (Å²) in [4.78, 5) is 2.36. The normalized spacial score (nSPS) is 11.6. The Morgan fingerprint density at radius 1 is 1.41 bits per heavy atom. The summed E-state index contributed by atoms with van der Waals surface area (Å²) in [6, 6.07) is 2.08. The van der Waals surface area contributed by atoms with Gasteiger partial charge in [0.05, 0.1) is 12.8 Å². The average Bonchev–Trinajstić information content (AvgIpc) is 2.71. The van der Waals surface area contributed by atoms with Crippen LogP contribution in [-0.4, -0.2) is 25.0 Å². The molecule has 0 aliphatic heterocycles. The molecule has 0 spiro atoms. The van der Waals surface area contributed by atoms with Gasteiger partial charge in [-0.05, 0) is 38.5 Å². The molecule has 0 aliphatic rings. The van der Waals surface area contributed by atoms with Crippen LogP contribution in [0.5, 0.6) is 0 Å². The number of rotatable bonds is 8. The zero-order valence-electron chi connectivity index (χ0n) is 11.6. The highest BCUT2D eigenvalue weighted by atomic mass is 16.3. The summed E-state index contributed by atoms with van der Waals surface area (Å²) in [6.45, 7) is 10.6. The lowest BCUT2D eigenvalue weighted by molar-refractivity contribution is 0.300. The predicted octanol–water partition coefficient (Wildman–Crippen LogP) is 2.87. The maximum absolute atomic E-state index is 5.50. The largest absolute Gasteiger partial charge is 0.468 e. The second kappa shape index (κ2) is 7.51. The van der Waals surface area contributed by atoms with Gasteiger partial charge in [-0.2, -0.15) is 0 Å². The minimum absolute atomic E-state index is 0.767. The van der Waals surface area contributed by atoms with Crippen molar-refractivity contribution in [1.29, 1.82) is 0 Å². The van der Waals surface area contributed by atoms with Crippen molar-refractivity contribution in [1.82, 2.24) is 10.2 Å². The van der Waals surface area contributed by atoms with Crippen LogP contribution in [0.1, 0.15) is 38.5 Å². The monoisotopic (exact) mass is 238 g/mol. The Kier molecular flexibility index (Phi) is 6.30. The lowest BCUT2D eigenvalue weighted by Crippen LogP contribution is -2.21. The van der Waals surface area contributed by atoms with Crippen molar-refractivity contribution in [2.75, 3.05) is 20.1 Å². The third-order valence-corrected chi connectivity index (χ3v) is 2.90. The standard InChI is InChI=1S/C14H26N2O/c1-5-15-10-14-13(7-9-17-14)11-16(4)8-6-12(2)3/h7,9,12,15H,5-6,8,10-11H2,1-4H3. The van der Waals surface area contributed by atoms with Crippen LogP contribution in [0.15, 0.2) is 16.7 Å². The molecule has 1 heterocycles. The molecule has 3 heteroatoms. The van der Waals surface area contributed by atoms with Crippen LogP contribution in [0.2, 0.25) is 0 Å². The summed E-state index contributed by atoms with van der Waals surface area (Å²) in [6.07, 6.45) is 3.04. The summed E-state index contributed by atoms with van der Waals surface area (Å²) in [5.74, 6) is 1.84. The van der Waals surface area contributed by atoms with Crippen LogP contribution in [0.3, 0.4) is 0 Å². The van der Waals surface area contributed by atoms with Crippen LogP contribution in [0.4, 0.5) is 0 Å². The van der Waals surface area contributed by atoms with E-state index in [9.17, 15) is 0 Å². The second-order valence-electron chi connectivity index (χ2n) is 5.07. The number of furan rings is 1. The molecule has 0 unspecified atom stereocenters. The Labute approximate surface area is 105 Å². The van der Waals surface area contributed by atoms with E-state index >= 15 is 0 Å². The molecule has 17 heavy (non-hydrogen) atoms. The molecule has 0 radical (unpaired) electrons. The Balaban J connectivity index is 2.41. The molecule has 1 aromatic heterocycles. The molecule has 1 N–H and O–H groups in total. The average molecular weight is 238 g/mol. The van der Waals surface area contributed by atoms with Gasteiger partial charge in [0.2, 0.25) is 0 Å². The summed E-state index contributed by atoms with van der Waals surface area (Å²) < 4.78 is 5.50. The van der Waals surface area contributed by atoms with E-state index in [0.29, 0.717) is 0 Å². The number of nitrogens with zero attached hydrogens (tertiary/aromatic N) is 1. The molecule has 98 valence electrons. The lowest BCUT2D eigenvalue weighted by Gasteiger charge is -2.17. The molecule has 0 amide bonds.